The summed E-state index contributed by atoms with van der Waals surface area (Å²) in [5, 5.41) is 4.54. The molecule has 0 aliphatic carbocycles. The van der Waals surface area contributed by atoms with E-state index in [2.05, 4.69) is 5.16 Å². The van der Waals surface area contributed by atoms with Gasteiger partial charge in [-0.25, -0.2) is 0 Å². The zero-order chi connectivity index (χ0) is 14.5. The fraction of sp³-hybridized carbons (Fsp3) is 0.357. The molecular formula is C14H17ClN2O3. The van der Waals surface area contributed by atoms with Crippen LogP contribution < -0.4 is 10.5 Å². The topological polar surface area (TPSA) is 70.5 Å². The molecule has 20 heavy (non-hydrogen) atoms. The fourth-order valence-corrected chi connectivity index (χ4v) is 1.97. The SMILES string of the molecule is COCc1cc(COc2ccc(Cl)cc2C(C)N)no1. The summed E-state index contributed by atoms with van der Waals surface area (Å²) in [4.78, 5) is 0. The van der Waals surface area contributed by atoms with Gasteiger partial charge in [0.25, 0.3) is 0 Å². The van der Waals surface area contributed by atoms with Crippen LogP contribution in [0.15, 0.2) is 28.8 Å². The molecule has 6 heteroatoms. The molecule has 2 N–H and O–H groups in total. The van der Waals surface area contributed by atoms with Gasteiger partial charge >= 0.3 is 0 Å². The molecule has 0 amide bonds. The van der Waals surface area contributed by atoms with E-state index in [1.807, 2.05) is 6.92 Å². The first-order chi connectivity index (χ1) is 9.60. The number of hydrogen-bond acceptors (Lipinski definition) is 5. The lowest BCUT2D eigenvalue weighted by atomic mass is 10.1. The molecule has 0 aliphatic heterocycles. The number of hydrogen-bond donors (Lipinski definition) is 1. The Labute approximate surface area is 122 Å². The number of nitrogens with zero attached hydrogens (tertiary/aromatic N) is 1. The highest BCUT2D eigenvalue weighted by molar-refractivity contribution is 6.30. The van der Waals surface area contributed by atoms with Crippen molar-refractivity contribution in [3.63, 3.8) is 0 Å². The highest BCUT2D eigenvalue weighted by Crippen LogP contribution is 2.27. The van der Waals surface area contributed by atoms with E-state index in [4.69, 9.17) is 31.3 Å². The maximum atomic E-state index is 5.96. The van der Waals surface area contributed by atoms with Gasteiger partial charge in [-0.3, -0.25) is 0 Å². The van der Waals surface area contributed by atoms with Gasteiger partial charge in [-0.2, -0.15) is 0 Å². The van der Waals surface area contributed by atoms with Crippen LogP contribution in [0.5, 0.6) is 5.75 Å². The number of benzene rings is 1. The maximum Gasteiger partial charge on any atom is 0.162 e. The van der Waals surface area contributed by atoms with Gasteiger partial charge in [0.15, 0.2) is 5.76 Å². The van der Waals surface area contributed by atoms with Gasteiger partial charge in [0.2, 0.25) is 0 Å². The first kappa shape index (κ1) is 14.8. The van der Waals surface area contributed by atoms with Crippen molar-refractivity contribution < 1.29 is 14.0 Å². The van der Waals surface area contributed by atoms with Gasteiger partial charge in [0, 0.05) is 29.8 Å². The van der Waals surface area contributed by atoms with Crippen LogP contribution in [-0.2, 0) is 18.0 Å². The summed E-state index contributed by atoms with van der Waals surface area (Å²) >= 11 is 5.96. The molecule has 0 bridgehead atoms. The quantitative estimate of drug-likeness (QED) is 0.887. The normalized spacial score (nSPS) is 12.4. The molecule has 0 spiro atoms. The van der Waals surface area contributed by atoms with Crippen LogP contribution in [-0.4, -0.2) is 12.3 Å². The summed E-state index contributed by atoms with van der Waals surface area (Å²) in [6.07, 6.45) is 0. The standard InChI is InChI=1S/C14H17ClN2O3/c1-9(16)13-5-10(15)3-4-14(13)19-7-11-6-12(8-18-2)20-17-11/h3-6,9H,7-8,16H2,1-2H3. The number of methoxy groups -OCH3 is 1. The van der Waals surface area contributed by atoms with Crippen LogP contribution in [0.1, 0.15) is 30.0 Å². The van der Waals surface area contributed by atoms with Gasteiger partial charge < -0.3 is 19.7 Å². The first-order valence-corrected chi connectivity index (χ1v) is 6.59. The molecule has 108 valence electrons. The van der Waals surface area contributed by atoms with E-state index in [-0.39, 0.29) is 6.04 Å². The molecule has 1 aromatic heterocycles. The largest absolute Gasteiger partial charge is 0.487 e. The van der Waals surface area contributed by atoms with Gasteiger partial charge in [-0.15, -0.1) is 0 Å². The lowest BCUT2D eigenvalue weighted by Crippen LogP contribution is -2.08. The zero-order valence-corrected chi connectivity index (χ0v) is 12.2. The monoisotopic (exact) mass is 296 g/mol. The number of halogens is 1. The molecule has 0 radical (unpaired) electrons. The minimum Gasteiger partial charge on any atom is -0.487 e. The molecule has 1 unspecified atom stereocenters. The summed E-state index contributed by atoms with van der Waals surface area (Å²) in [6, 6.07) is 7.01. The van der Waals surface area contributed by atoms with Crippen molar-refractivity contribution in [2.45, 2.75) is 26.2 Å². The third kappa shape index (κ3) is 3.72. The van der Waals surface area contributed by atoms with Crippen LogP contribution in [0.2, 0.25) is 5.02 Å². The second-order valence-corrected chi connectivity index (χ2v) is 4.91. The number of nitrogens with two attached hydrogens (primary N) is 1. The predicted octanol–water partition coefficient (Wildman–Crippen LogP) is 3.07. The van der Waals surface area contributed by atoms with Crippen molar-refractivity contribution in [1.82, 2.24) is 5.16 Å². The van der Waals surface area contributed by atoms with Crippen molar-refractivity contribution >= 4 is 11.6 Å². The van der Waals surface area contributed by atoms with Crippen molar-refractivity contribution in [2.24, 2.45) is 5.73 Å². The molecule has 1 atom stereocenters. The summed E-state index contributed by atoms with van der Waals surface area (Å²) in [5.41, 5.74) is 7.46. The Morgan fingerprint density at radius 1 is 1.35 bits per heavy atom. The van der Waals surface area contributed by atoms with E-state index in [0.717, 1.165) is 5.56 Å². The van der Waals surface area contributed by atoms with E-state index in [1.54, 1.807) is 31.4 Å². The number of aromatic nitrogens is 1. The molecule has 0 saturated carbocycles. The third-order valence-corrected chi connectivity index (χ3v) is 2.97. The highest BCUT2D eigenvalue weighted by atomic mass is 35.5. The molecule has 0 aliphatic rings. The van der Waals surface area contributed by atoms with Gasteiger partial charge in [-0.05, 0) is 25.1 Å². The zero-order valence-electron chi connectivity index (χ0n) is 11.4. The molecule has 5 nitrogen and oxygen atoms in total. The molecule has 2 rings (SSSR count). The summed E-state index contributed by atoms with van der Waals surface area (Å²) in [6.45, 7) is 2.57. The number of ether oxygens (including phenoxy) is 2. The average Bonchev–Trinajstić information content (AvgIpc) is 2.85. The van der Waals surface area contributed by atoms with E-state index in [1.165, 1.54) is 0 Å². The van der Waals surface area contributed by atoms with Crippen molar-refractivity contribution in [3.8, 4) is 5.75 Å². The minimum absolute atomic E-state index is 0.162. The van der Waals surface area contributed by atoms with Crippen LogP contribution in [0.25, 0.3) is 0 Å². The Morgan fingerprint density at radius 3 is 2.85 bits per heavy atom. The van der Waals surface area contributed by atoms with Crippen LogP contribution in [0, 0.1) is 0 Å². The summed E-state index contributed by atoms with van der Waals surface area (Å²) < 4.78 is 15.8. The Hall–Kier alpha value is -1.56. The second kappa shape index (κ2) is 6.74. The average molecular weight is 297 g/mol. The van der Waals surface area contributed by atoms with E-state index in [0.29, 0.717) is 35.4 Å². The van der Waals surface area contributed by atoms with Crippen molar-refractivity contribution in [2.75, 3.05) is 7.11 Å². The molecular weight excluding hydrogens is 280 g/mol. The van der Waals surface area contributed by atoms with Crippen molar-refractivity contribution in [3.05, 3.63) is 46.3 Å². The van der Waals surface area contributed by atoms with E-state index >= 15 is 0 Å². The predicted molar refractivity (Wildman–Crippen MR) is 75.6 cm³/mol. The lowest BCUT2D eigenvalue weighted by molar-refractivity contribution is 0.155. The molecule has 0 fully saturated rings. The Bertz CT molecular complexity index is 569. The maximum absolute atomic E-state index is 5.96. The van der Waals surface area contributed by atoms with E-state index < -0.39 is 0 Å². The minimum atomic E-state index is -0.162. The summed E-state index contributed by atoms with van der Waals surface area (Å²) in [5.74, 6) is 1.36. The van der Waals surface area contributed by atoms with Crippen LogP contribution >= 0.6 is 11.6 Å². The fourth-order valence-electron chi connectivity index (χ4n) is 1.79. The molecule has 2 aromatic rings. The highest BCUT2D eigenvalue weighted by Gasteiger charge is 2.11. The number of rotatable bonds is 6. The third-order valence-electron chi connectivity index (χ3n) is 2.73. The van der Waals surface area contributed by atoms with Crippen molar-refractivity contribution in [1.29, 1.82) is 0 Å². The molecule has 0 saturated heterocycles. The Kier molecular flexibility index (Phi) is 5.00. The van der Waals surface area contributed by atoms with Crippen LogP contribution in [0.3, 0.4) is 0 Å². The lowest BCUT2D eigenvalue weighted by Gasteiger charge is -2.13. The van der Waals surface area contributed by atoms with Gasteiger partial charge in [0.05, 0.1) is 0 Å². The Morgan fingerprint density at radius 2 is 2.15 bits per heavy atom. The molecule has 1 aromatic carbocycles. The van der Waals surface area contributed by atoms with Gasteiger partial charge in [0.1, 0.15) is 24.7 Å². The summed E-state index contributed by atoms with van der Waals surface area (Å²) in [7, 11) is 1.60. The van der Waals surface area contributed by atoms with E-state index in [9.17, 15) is 0 Å². The smallest absolute Gasteiger partial charge is 0.162 e. The first-order valence-electron chi connectivity index (χ1n) is 6.21. The second-order valence-electron chi connectivity index (χ2n) is 4.48. The van der Waals surface area contributed by atoms with Crippen LogP contribution in [0.4, 0.5) is 0 Å². The molecule has 1 heterocycles. The Balaban J connectivity index is 2.06. The van der Waals surface area contributed by atoms with Gasteiger partial charge in [-0.1, -0.05) is 16.8 Å².